The highest BCUT2D eigenvalue weighted by molar-refractivity contribution is 9.10. The van der Waals surface area contributed by atoms with Crippen LogP contribution >= 0.6 is 27.5 Å². The van der Waals surface area contributed by atoms with Crippen molar-refractivity contribution in [1.82, 2.24) is 24.5 Å². The first-order valence-corrected chi connectivity index (χ1v) is 7.65. The second-order valence-corrected chi connectivity index (χ2v) is 5.65. The van der Waals surface area contributed by atoms with E-state index in [1.807, 2.05) is 23.0 Å². The van der Waals surface area contributed by atoms with E-state index in [1.54, 1.807) is 6.20 Å². The van der Waals surface area contributed by atoms with Gasteiger partial charge in [-0.05, 0) is 24.6 Å². The largest absolute Gasteiger partial charge is 0.327 e. The molecule has 0 aliphatic rings. The first-order valence-electron chi connectivity index (χ1n) is 6.32. The molecule has 0 aliphatic carbocycles. The van der Waals surface area contributed by atoms with E-state index >= 15 is 0 Å². The van der Waals surface area contributed by atoms with Gasteiger partial charge in [0.2, 0.25) is 0 Å². The molecular weight excluding hydrogens is 342 g/mol. The van der Waals surface area contributed by atoms with Gasteiger partial charge in [-0.15, -0.1) is 16.7 Å². The Kier molecular flexibility index (Phi) is 4.03. The summed E-state index contributed by atoms with van der Waals surface area (Å²) in [7, 11) is 0. The molecule has 2 heterocycles. The van der Waals surface area contributed by atoms with Crippen LogP contribution in [0.4, 0.5) is 0 Å². The van der Waals surface area contributed by atoms with Gasteiger partial charge in [0.05, 0.1) is 23.1 Å². The second kappa shape index (κ2) is 5.93. The van der Waals surface area contributed by atoms with Gasteiger partial charge >= 0.3 is 0 Å². The van der Waals surface area contributed by atoms with Crippen molar-refractivity contribution in [1.29, 1.82) is 0 Å². The lowest BCUT2D eigenvalue weighted by Gasteiger charge is -2.07. The van der Waals surface area contributed by atoms with Crippen LogP contribution in [0.3, 0.4) is 0 Å². The Hall–Kier alpha value is -1.40. The van der Waals surface area contributed by atoms with Gasteiger partial charge in [0.1, 0.15) is 5.82 Å². The highest BCUT2D eigenvalue weighted by Gasteiger charge is 2.10. The fourth-order valence-corrected chi connectivity index (χ4v) is 2.80. The van der Waals surface area contributed by atoms with Crippen molar-refractivity contribution in [3.05, 3.63) is 40.9 Å². The highest BCUT2D eigenvalue weighted by atomic mass is 79.9. The summed E-state index contributed by atoms with van der Waals surface area (Å²) in [6, 6.07) is 6.10. The van der Waals surface area contributed by atoms with E-state index in [-0.39, 0.29) is 0 Å². The maximum absolute atomic E-state index is 6.00. The monoisotopic (exact) mass is 353 g/mol. The molecule has 0 amide bonds. The van der Waals surface area contributed by atoms with Crippen LogP contribution in [0.5, 0.6) is 0 Å². The molecule has 0 radical (unpaired) electrons. The Labute approximate surface area is 129 Å². The van der Waals surface area contributed by atoms with E-state index in [0.717, 1.165) is 40.8 Å². The smallest absolute Gasteiger partial charge is 0.124 e. The first kappa shape index (κ1) is 13.6. The lowest BCUT2D eigenvalue weighted by atomic mass is 10.3. The summed E-state index contributed by atoms with van der Waals surface area (Å²) < 4.78 is 5.03. The quantitative estimate of drug-likeness (QED) is 0.661. The van der Waals surface area contributed by atoms with Crippen LogP contribution in [0.15, 0.2) is 35.1 Å². The minimum Gasteiger partial charge on any atom is -0.327 e. The number of aryl methyl sites for hydroxylation is 2. The van der Waals surface area contributed by atoms with Crippen LogP contribution in [0.2, 0.25) is 0 Å². The molecule has 104 valence electrons. The molecule has 0 saturated heterocycles. The molecule has 2 aromatic heterocycles. The molecule has 0 unspecified atom stereocenters. The van der Waals surface area contributed by atoms with Gasteiger partial charge in [-0.25, -0.2) is 4.98 Å². The number of alkyl halides is 1. The topological polar surface area (TPSA) is 48.5 Å². The molecule has 0 saturated carbocycles. The maximum atomic E-state index is 6.00. The summed E-state index contributed by atoms with van der Waals surface area (Å²) in [5.74, 6) is 1.31. The third-order valence-electron chi connectivity index (χ3n) is 3.15. The number of nitrogens with zero attached hydrogens (tertiary/aromatic N) is 5. The number of aromatic nitrogens is 5. The van der Waals surface area contributed by atoms with Crippen LogP contribution in [0.25, 0.3) is 11.0 Å². The molecule has 0 fully saturated rings. The molecular formula is C13H13BrClN5. The third-order valence-corrected chi connectivity index (χ3v) is 3.88. The van der Waals surface area contributed by atoms with Gasteiger partial charge < -0.3 is 4.57 Å². The van der Waals surface area contributed by atoms with Gasteiger partial charge in [-0.3, -0.25) is 4.68 Å². The summed E-state index contributed by atoms with van der Waals surface area (Å²) in [6.07, 6.45) is 4.51. The minimum absolute atomic E-state index is 0.412. The fourth-order valence-electron chi connectivity index (χ4n) is 2.25. The number of rotatable bonds is 5. The van der Waals surface area contributed by atoms with E-state index < -0.39 is 0 Å². The predicted molar refractivity (Wildman–Crippen MR) is 81.6 cm³/mol. The number of halogens is 2. The molecule has 7 heteroatoms. The number of imidazole rings is 1. The number of benzene rings is 1. The van der Waals surface area contributed by atoms with Crippen molar-refractivity contribution < 1.29 is 0 Å². The molecule has 1 aromatic carbocycles. The number of fused-ring (bicyclic) bond motifs is 1. The molecule has 5 nitrogen and oxygen atoms in total. The van der Waals surface area contributed by atoms with Crippen molar-refractivity contribution in [2.24, 2.45) is 0 Å². The van der Waals surface area contributed by atoms with E-state index in [2.05, 4.69) is 41.9 Å². The summed E-state index contributed by atoms with van der Waals surface area (Å²) in [6.45, 7) is 1.69. The SMILES string of the molecule is ClCc1nc2cc(Br)ccc2n1CCCn1ccnn1. The lowest BCUT2D eigenvalue weighted by Crippen LogP contribution is -2.07. The first-order chi connectivity index (χ1) is 9.78. The van der Waals surface area contributed by atoms with Crippen molar-refractivity contribution in [3.63, 3.8) is 0 Å². The molecule has 0 N–H and O–H groups in total. The average Bonchev–Trinajstić information content (AvgIpc) is 3.06. The highest BCUT2D eigenvalue weighted by Crippen LogP contribution is 2.22. The van der Waals surface area contributed by atoms with E-state index in [9.17, 15) is 0 Å². The van der Waals surface area contributed by atoms with Gasteiger partial charge in [-0.1, -0.05) is 21.1 Å². The summed E-state index contributed by atoms with van der Waals surface area (Å²) in [4.78, 5) is 4.57. The van der Waals surface area contributed by atoms with E-state index in [0.29, 0.717) is 5.88 Å². The van der Waals surface area contributed by atoms with Gasteiger partial charge in [-0.2, -0.15) is 0 Å². The van der Waals surface area contributed by atoms with Crippen molar-refractivity contribution in [3.8, 4) is 0 Å². The van der Waals surface area contributed by atoms with Crippen LogP contribution in [-0.2, 0) is 19.0 Å². The standard InChI is InChI=1S/C13H13BrClN5/c14-10-2-3-12-11(8-10)17-13(9-15)20(12)6-1-5-19-7-4-16-18-19/h2-4,7-8H,1,5-6,9H2. The molecule has 0 bridgehead atoms. The van der Waals surface area contributed by atoms with Crippen molar-refractivity contribution in [2.75, 3.05) is 0 Å². The summed E-state index contributed by atoms with van der Waals surface area (Å²) in [5, 5.41) is 7.76. The molecule has 20 heavy (non-hydrogen) atoms. The fraction of sp³-hybridized carbons (Fsp3) is 0.308. The zero-order valence-electron chi connectivity index (χ0n) is 10.7. The molecule has 0 spiro atoms. The van der Waals surface area contributed by atoms with Gasteiger partial charge in [0.25, 0.3) is 0 Å². The molecule has 0 atom stereocenters. The molecule has 3 rings (SSSR count). The van der Waals surface area contributed by atoms with Gasteiger partial charge in [0.15, 0.2) is 0 Å². The Morgan fingerprint density at radius 1 is 1.25 bits per heavy atom. The normalized spacial score (nSPS) is 11.3. The minimum atomic E-state index is 0.412. The van der Waals surface area contributed by atoms with Crippen LogP contribution in [0.1, 0.15) is 12.2 Å². The maximum Gasteiger partial charge on any atom is 0.124 e. The molecule has 3 aromatic rings. The summed E-state index contributed by atoms with van der Waals surface area (Å²) in [5.41, 5.74) is 2.08. The van der Waals surface area contributed by atoms with Crippen molar-refractivity contribution >= 4 is 38.6 Å². The number of hydrogen-bond acceptors (Lipinski definition) is 3. The van der Waals surface area contributed by atoms with Crippen LogP contribution < -0.4 is 0 Å². The predicted octanol–water partition coefficient (Wildman–Crippen LogP) is 3.22. The Morgan fingerprint density at radius 2 is 2.15 bits per heavy atom. The van der Waals surface area contributed by atoms with Crippen LogP contribution in [-0.4, -0.2) is 24.5 Å². The average molecular weight is 355 g/mol. The third kappa shape index (κ3) is 2.71. The van der Waals surface area contributed by atoms with E-state index in [1.165, 1.54) is 0 Å². The number of hydrogen-bond donors (Lipinski definition) is 0. The molecule has 0 aliphatic heterocycles. The zero-order chi connectivity index (χ0) is 13.9. The van der Waals surface area contributed by atoms with Crippen LogP contribution in [0, 0.1) is 0 Å². The Balaban J connectivity index is 1.82. The summed E-state index contributed by atoms with van der Waals surface area (Å²) >= 11 is 9.47. The van der Waals surface area contributed by atoms with E-state index in [4.69, 9.17) is 11.6 Å². The Morgan fingerprint density at radius 3 is 2.90 bits per heavy atom. The Bertz CT molecular complexity index is 707. The lowest BCUT2D eigenvalue weighted by molar-refractivity contribution is 0.514. The zero-order valence-corrected chi connectivity index (χ0v) is 13.0. The van der Waals surface area contributed by atoms with Crippen molar-refractivity contribution in [2.45, 2.75) is 25.4 Å². The second-order valence-electron chi connectivity index (χ2n) is 4.47. The van der Waals surface area contributed by atoms with Gasteiger partial charge in [0, 0.05) is 23.8 Å².